The van der Waals surface area contributed by atoms with Crippen LogP contribution in [0.5, 0.6) is 0 Å². The van der Waals surface area contributed by atoms with Crippen molar-refractivity contribution < 1.29 is 13.2 Å². The summed E-state index contributed by atoms with van der Waals surface area (Å²) in [7, 11) is -3.54. The van der Waals surface area contributed by atoms with Crippen LogP contribution in [0.25, 0.3) is 0 Å². The number of sulfone groups is 1. The van der Waals surface area contributed by atoms with Crippen LogP contribution in [0, 0.1) is 0 Å². The topological polar surface area (TPSA) is 63.2 Å². The molecule has 0 atom stereocenters. The second-order valence-electron chi connectivity index (χ2n) is 3.46. The summed E-state index contributed by atoms with van der Waals surface area (Å²) in [5, 5.41) is 2.51. The van der Waals surface area contributed by atoms with Gasteiger partial charge < -0.3 is 5.32 Å². The van der Waals surface area contributed by atoms with Crippen LogP contribution in [0.4, 0.5) is 0 Å². The fourth-order valence-corrected chi connectivity index (χ4v) is 2.55. The predicted octanol–water partition coefficient (Wildman–Crippen LogP) is 1.21. The molecule has 0 spiro atoms. The van der Waals surface area contributed by atoms with Crippen molar-refractivity contribution >= 4 is 27.3 Å². The van der Waals surface area contributed by atoms with Gasteiger partial charge in [-0.05, 0) is 18.6 Å². The highest BCUT2D eigenvalue weighted by Gasteiger charge is 2.18. The van der Waals surface area contributed by atoms with Crippen molar-refractivity contribution in [2.45, 2.75) is 11.3 Å². The molecule has 1 N–H and O–H groups in total. The van der Waals surface area contributed by atoms with Crippen molar-refractivity contribution in [2.75, 3.05) is 18.2 Å². The number of benzene rings is 1. The molecule has 0 unspecified atom stereocenters. The third-order valence-electron chi connectivity index (χ3n) is 2.06. The molecule has 0 aliphatic carbocycles. The Labute approximate surface area is 106 Å². The summed E-state index contributed by atoms with van der Waals surface area (Å²) in [6.45, 7) is 0.395. The summed E-state index contributed by atoms with van der Waals surface area (Å²) in [5.74, 6) is -0.593. The normalized spacial score (nSPS) is 11.1. The predicted molar refractivity (Wildman–Crippen MR) is 66.8 cm³/mol. The zero-order valence-electron chi connectivity index (χ0n) is 9.23. The molecule has 1 aromatic rings. The van der Waals surface area contributed by atoms with Gasteiger partial charge in [-0.2, -0.15) is 0 Å². The van der Waals surface area contributed by atoms with Gasteiger partial charge in [-0.1, -0.05) is 18.2 Å². The van der Waals surface area contributed by atoms with E-state index in [-0.39, 0.29) is 4.90 Å². The Kier molecular flexibility index (Phi) is 5.44. The van der Waals surface area contributed by atoms with Crippen LogP contribution in [0.15, 0.2) is 35.2 Å². The highest BCUT2D eigenvalue weighted by molar-refractivity contribution is 7.92. The number of hydrogen-bond acceptors (Lipinski definition) is 3. The van der Waals surface area contributed by atoms with Crippen LogP contribution in [0.2, 0.25) is 0 Å². The van der Waals surface area contributed by atoms with E-state index in [1.807, 2.05) is 0 Å². The zero-order valence-corrected chi connectivity index (χ0v) is 10.8. The number of rotatable bonds is 6. The van der Waals surface area contributed by atoms with E-state index in [0.29, 0.717) is 18.8 Å². The summed E-state index contributed by atoms with van der Waals surface area (Å²) in [4.78, 5) is 11.5. The molecule has 0 radical (unpaired) electrons. The summed E-state index contributed by atoms with van der Waals surface area (Å²) in [5.41, 5.74) is 0. The Morgan fingerprint density at radius 2 is 1.88 bits per heavy atom. The molecule has 17 heavy (non-hydrogen) atoms. The molecule has 1 amide bonds. The fourth-order valence-electron chi connectivity index (χ4n) is 1.23. The molecule has 0 saturated carbocycles. The number of amides is 1. The second kappa shape index (κ2) is 6.61. The van der Waals surface area contributed by atoms with Gasteiger partial charge in [0.1, 0.15) is 5.75 Å². The van der Waals surface area contributed by atoms with Gasteiger partial charge in [0.25, 0.3) is 0 Å². The second-order valence-corrected chi connectivity index (χ2v) is 5.83. The standard InChI is InChI=1S/C11H14ClNO3S/c12-7-4-8-13-11(14)9-17(15,16)10-5-2-1-3-6-10/h1-3,5-6H,4,7-9H2,(H,13,14). The van der Waals surface area contributed by atoms with E-state index >= 15 is 0 Å². The van der Waals surface area contributed by atoms with Crippen molar-refractivity contribution in [1.82, 2.24) is 5.32 Å². The largest absolute Gasteiger partial charge is 0.355 e. The van der Waals surface area contributed by atoms with Gasteiger partial charge in [-0.3, -0.25) is 4.79 Å². The van der Waals surface area contributed by atoms with Crippen LogP contribution in [0.3, 0.4) is 0 Å². The van der Waals surface area contributed by atoms with E-state index in [2.05, 4.69) is 5.32 Å². The van der Waals surface area contributed by atoms with E-state index in [9.17, 15) is 13.2 Å². The van der Waals surface area contributed by atoms with Crippen LogP contribution < -0.4 is 5.32 Å². The van der Waals surface area contributed by atoms with E-state index in [0.717, 1.165) is 0 Å². The van der Waals surface area contributed by atoms with E-state index in [1.165, 1.54) is 12.1 Å². The molecule has 0 aromatic heterocycles. The summed E-state index contributed by atoms with van der Waals surface area (Å²) < 4.78 is 23.6. The van der Waals surface area contributed by atoms with Gasteiger partial charge in [0.15, 0.2) is 9.84 Å². The molecule has 0 bridgehead atoms. The summed E-state index contributed by atoms with van der Waals surface area (Å²) >= 11 is 5.44. The number of hydrogen-bond donors (Lipinski definition) is 1. The van der Waals surface area contributed by atoms with Crippen molar-refractivity contribution in [2.24, 2.45) is 0 Å². The molecular weight excluding hydrogens is 262 g/mol. The van der Waals surface area contributed by atoms with Crippen molar-refractivity contribution in [1.29, 1.82) is 0 Å². The molecule has 6 heteroatoms. The molecule has 4 nitrogen and oxygen atoms in total. The minimum Gasteiger partial charge on any atom is -0.355 e. The van der Waals surface area contributed by atoms with Gasteiger partial charge in [0.05, 0.1) is 4.90 Å². The Bertz CT molecular complexity index is 459. The van der Waals surface area contributed by atoms with Crippen LogP contribution >= 0.6 is 11.6 Å². The lowest BCUT2D eigenvalue weighted by atomic mass is 10.4. The smallest absolute Gasteiger partial charge is 0.235 e. The monoisotopic (exact) mass is 275 g/mol. The van der Waals surface area contributed by atoms with E-state index in [4.69, 9.17) is 11.6 Å². The number of carbonyl (C=O) groups excluding carboxylic acids is 1. The van der Waals surface area contributed by atoms with Gasteiger partial charge in [-0.15, -0.1) is 11.6 Å². The average Bonchev–Trinajstić information content (AvgIpc) is 2.30. The maximum absolute atomic E-state index is 11.8. The first-order chi connectivity index (χ1) is 8.06. The molecule has 0 aliphatic heterocycles. The van der Waals surface area contributed by atoms with Gasteiger partial charge in [0, 0.05) is 12.4 Å². The highest BCUT2D eigenvalue weighted by Crippen LogP contribution is 2.09. The molecule has 0 fully saturated rings. The average molecular weight is 276 g/mol. The molecule has 1 rings (SSSR count). The molecular formula is C11H14ClNO3S. The molecule has 94 valence electrons. The first kappa shape index (κ1) is 14.0. The van der Waals surface area contributed by atoms with Crippen LogP contribution in [-0.2, 0) is 14.6 Å². The Balaban J connectivity index is 2.59. The molecule has 0 saturated heterocycles. The molecule has 0 heterocycles. The number of halogens is 1. The lowest BCUT2D eigenvalue weighted by molar-refractivity contribution is -0.118. The lowest BCUT2D eigenvalue weighted by Gasteiger charge is -2.05. The van der Waals surface area contributed by atoms with E-state index in [1.54, 1.807) is 18.2 Å². The van der Waals surface area contributed by atoms with Crippen LogP contribution in [-0.4, -0.2) is 32.5 Å². The summed E-state index contributed by atoms with van der Waals surface area (Å²) in [6.07, 6.45) is 0.624. The van der Waals surface area contributed by atoms with Crippen molar-refractivity contribution in [3.63, 3.8) is 0 Å². The molecule has 1 aromatic carbocycles. The van der Waals surface area contributed by atoms with Crippen molar-refractivity contribution in [3.05, 3.63) is 30.3 Å². The third-order valence-corrected chi connectivity index (χ3v) is 3.96. The van der Waals surface area contributed by atoms with Gasteiger partial charge >= 0.3 is 0 Å². The van der Waals surface area contributed by atoms with Gasteiger partial charge in [0.2, 0.25) is 5.91 Å². The highest BCUT2D eigenvalue weighted by atomic mass is 35.5. The van der Waals surface area contributed by atoms with Crippen molar-refractivity contribution in [3.8, 4) is 0 Å². The fraction of sp³-hybridized carbons (Fsp3) is 0.364. The maximum atomic E-state index is 11.8. The summed E-state index contributed by atoms with van der Waals surface area (Å²) in [6, 6.07) is 7.92. The number of carbonyl (C=O) groups is 1. The minimum atomic E-state index is -3.54. The number of nitrogens with one attached hydrogen (secondary N) is 1. The zero-order chi connectivity index (χ0) is 12.7. The SMILES string of the molecule is O=C(CS(=O)(=O)c1ccccc1)NCCCCl. The quantitative estimate of drug-likeness (QED) is 0.627. The lowest BCUT2D eigenvalue weighted by Crippen LogP contribution is -2.31. The molecule has 0 aliphatic rings. The Morgan fingerprint density at radius 1 is 1.24 bits per heavy atom. The Morgan fingerprint density at radius 3 is 2.47 bits per heavy atom. The first-order valence-electron chi connectivity index (χ1n) is 5.17. The van der Waals surface area contributed by atoms with Crippen LogP contribution in [0.1, 0.15) is 6.42 Å². The number of alkyl halides is 1. The van der Waals surface area contributed by atoms with Gasteiger partial charge in [-0.25, -0.2) is 8.42 Å². The first-order valence-corrected chi connectivity index (χ1v) is 7.35. The minimum absolute atomic E-state index is 0.160. The third kappa shape index (κ3) is 4.75. The Hall–Kier alpha value is -1.07. The maximum Gasteiger partial charge on any atom is 0.235 e. The van der Waals surface area contributed by atoms with E-state index < -0.39 is 21.5 Å².